The Kier molecular flexibility index (Phi) is 5.29. The van der Waals surface area contributed by atoms with E-state index in [-0.39, 0.29) is 12.0 Å². The van der Waals surface area contributed by atoms with Crippen LogP contribution in [0.2, 0.25) is 0 Å². The van der Waals surface area contributed by atoms with Crippen molar-refractivity contribution in [2.24, 2.45) is 5.41 Å². The molecule has 0 fully saturated rings. The van der Waals surface area contributed by atoms with E-state index in [1.807, 2.05) is 20.8 Å². The van der Waals surface area contributed by atoms with Gasteiger partial charge in [0.2, 0.25) is 0 Å². The van der Waals surface area contributed by atoms with Crippen molar-refractivity contribution in [3.8, 4) is 0 Å². The molecule has 0 aromatic heterocycles. The molecule has 0 bridgehead atoms. The van der Waals surface area contributed by atoms with Gasteiger partial charge in [-0.25, -0.2) is 0 Å². The minimum Gasteiger partial charge on any atom is -0.772 e. The molecule has 5 heteroatoms. The van der Waals surface area contributed by atoms with Crippen molar-refractivity contribution in [1.82, 2.24) is 0 Å². The maximum Gasteiger partial charge on any atom is 0.320 e. The zero-order valence-corrected chi connectivity index (χ0v) is 9.85. The van der Waals surface area contributed by atoms with Gasteiger partial charge in [-0.1, -0.05) is 20.8 Å². The Morgan fingerprint density at radius 2 is 2.00 bits per heavy atom. The first kappa shape index (κ1) is 13.6. The van der Waals surface area contributed by atoms with Crippen LogP contribution in [0.25, 0.3) is 0 Å². The maximum atomic E-state index is 11.1. The molecule has 0 spiro atoms. The van der Waals surface area contributed by atoms with Crippen molar-refractivity contribution in [2.45, 2.75) is 39.4 Å². The van der Waals surface area contributed by atoms with E-state index in [9.17, 15) is 13.6 Å². The monoisotopic (exact) mass is 221 g/mol. The molecule has 0 aliphatic carbocycles. The largest absolute Gasteiger partial charge is 0.772 e. The fourth-order valence-electron chi connectivity index (χ4n) is 0.654. The predicted molar refractivity (Wildman–Crippen MR) is 53.4 cm³/mol. The van der Waals surface area contributed by atoms with Crippen LogP contribution in [-0.4, -0.2) is 26.6 Å². The summed E-state index contributed by atoms with van der Waals surface area (Å²) in [6.07, 6.45) is 0.719. The van der Waals surface area contributed by atoms with Crippen LogP contribution in [0.4, 0.5) is 0 Å². The Morgan fingerprint density at radius 1 is 1.50 bits per heavy atom. The van der Waals surface area contributed by atoms with Gasteiger partial charge in [-0.2, -0.15) is 0 Å². The number of ether oxygens (including phenoxy) is 1. The molecule has 0 heterocycles. The van der Waals surface area contributed by atoms with Crippen molar-refractivity contribution in [3.63, 3.8) is 0 Å². The van der Waals surface area contributed by atoms with Gasteiger partial charge in [0.25, 0.3) is 0 Å². The molecule has 84 valence electrons. The lowest BCUT2D eigenvalue weighted by Gasteiger charge is -2.19. The van der Waals surface area contributed by atoms with Gasteiger partial charge in [0.1, 0.15) is 5.25 Å². The first-order valence-corrected chi connectivity index (χ1v) is 5.62. The molecule has 0 radical (unpaired) electrons. The predicted octanol–water partition coefficient (Wildman–Crippen LogP) is 1.23. The second-order valence-corrected chi connectivity index (χ2v) is 5.61. The van der Waals surface area contributed by atoms with Crippen molar-refractivity contribution in [1.29, 1.82) is 0 Å². The van der Waals surface area contributed by atoms with Gasteiger partial charge < -0.3 is 9.29 Å². The van der Waals surface area contributed by atoms with Crippen LogP contribution in [0.5, 0.6) is 0 Å². The molecule has 2 unspecified atom stereocenters. The lowest BCUT2D eigenvalue weighted by molar-refractivity contribution is -0.143. The standard InChI is InChI=1S/C9H18O4S/c1-7(14(11)12)8(10)13-6-5-9(2,3)4/h7H,5-6H2,1-4H3,(H,11,12)/p-1. The van der Waals surface area contributed by atoms with Crippen molar-refractivity contribution in [3.05, 3.63) is 0 Å². The third-order valence-corrected chi connectivity index (χ3v) is 2.49. The third kappa shape index (κ3) is 6.10. The second-order valence-electron chi connectivity index (χ2n) is 4.38. The van der Waals surface area contributed by atoms with E-state index in [1.54, 1.807) is 0 Å². The average molecular weight is 221 g/mol. The highest BCUT2D eigenvalue weighted by atomic mass is 32.2. The summed E-state index contributed by atoms with van der Waals surface area (Å²) in [5.74, 6) is -0.678. The Balaban J connectivity index is 3.81. The highest BCUT2D eigenvalue weighted by Crippen LogP contribution is 2.18. The number of esters is 1. The third-order valence-electron chi connectivity index (χ3n) is 1.72. The van der Waals surface area contributed by atoms with Crippen LogP contribution in [0.1, 0.15) is 34.1 Å². The molecule has 0 aromatic rings. The SMILES string of the molecule is CC(C(=O)OCCC(C)(C)C)S(=O)[O-]. The molecular formula is C9H17O4S-. The number of carbonyl (C=O) groups excluding carboxylic acids is 1. The van der Waals surface area contributed by atoms with E-state index in [0.29, 0.717) is 0 Å². The van der Waals surface area contributed by atoms with E-state index in [4.69, 9.17) is 4.74 Å². The topological polar surface area (TPSA) is 66.4 Å². The molecule has 2 atom stereocenters. The normalized spacial score (nSPS) is 16.1. The van der Waals surface area contributed by atoms with Crippen LogP contribution in [0, 0.1) is 5.41 Å². The number of carbonyl (C=O) groups is 1. The molecule has 0 N–H and O–H groups in total. The summed E-state index contributed by atoms with van der Waals surface area (Å²) in [4.78, 5) is 11.1. The van der Waals surface area contributed by atoms with Gasteiger partial charge in [-0.15, -0.1) is 0 Å². The van der Waals surface area contributed by atoms with E-state index in [0.717, 1.165) is 6.42 Å². The van der Waals surface area contributed by atoms with Crippen molar-refractivity contribution >= 4 is 17.0 Å². The first-order valence-electron chi connectivity index (χ1n) is 4.49. The van der Waals surface area contributed by atoms with Crippen molar-refractivity contribution in [2.75, 3.05) is 6.61 Å². The van der Waals surface area contributed by atoms with Gasteiger partial charge in [0, 0.05) is 0 Å². The Labute approximate surface area is 87.3 Å². The zero-order valence-electron chi connectivity index (χ0n) is 9.03. The van der Waals surface area contributed by atoms with E-state index < -0.39 is 22.3 Å². The summed E-state index contributed by atoms with van der Waals surface area (Å²) < 4.78 is 25.6. The molecule has 0 aliphatic heterocycles. The van der Waals surface area contributed by atoms with Gasteiger partial charge >= 0.3 is 5.97 Å². The van der Waals surface area contributed by atoms with Gasteiger partial charge in [0.15, 0.2) is 0 Å². The number of hydrogen-bond acceptors (Lipinski definition) is 4. The van der Waals surface area contributed by atoms with Crippen LogP contribution in [0.3, 0.4) is 0 Å². The quantitative estimate of drug-likeness (QED) is 0.529. The summed E-state index contributed by atoms with van der Waals surface area (Å²) in [7, 11) is 0. The lowest BCUT2D eigenvalue weighted by Crippen LogP contribution is -2.25. The Morgan fingerprint density at radius 3 is 2.36 bits per heavy atom. The second kappa shape index (κ2) is 5.46. The molecule has 0 aliphatic rings. The number of rotatable bonds is 4. The summed E-state index contributed by atoms with van der Waals surface area (Å²) in [6.45, 7) is 7.65. The fraction of sp³-hybridized carbons (Fsp3) is 0.889. The van der Waals surface area contributed by atoms with E-state index in [2.05, 4.69) is 0 Å². The van der Waals surface area contributed by atoms with Gasteiger partial charge in [-0.05, 0) is 29.8 Å². The molecule has 0 amide bonds. The minimum absolute atomic E-state index is 0.0835. The maximum absolute atomic E-state index is 11.1. The van der Waals surface area contributed by atoms with E-state index in [1.165, 1.54) is 6.92 Å². The van der Waals surface area contributed by atoms with Crippen LogP contribution < -0.4 is 0 Å². The van der Waals surface area contributed by atoms with Crippen molar-refractivity contribution < 1.29 is 18.3 Å². The Hall–Kier alpha value is -0.420. The molecule has 0 saturated carbocycles. The lowest BCUT2D eigenvalue weighted by atomic mass is 9.93. The average Bonchev–Trinajstić information content (AvgIpc) is 2.00. The minimum atomic E-state index is -2.39. The van der Waals surface area contributed by atoms with Gasteiger partial charge in [-0.3, -0.25) is 9.00 Å². The summed E-state index contributed by atoms with van der Waals surface area (Å²) >= 11 is -2.39. The summed E-state index contributed by atoms with van der Waals surface area (Å²) in [5, 5.41) is -1.07. The highest BCUT2D eigenvalue weighted by Gasteiger charge is 2.16. The summed E-state index contributed by atoms with van der Waals surface area (Å²) in [6, 6.07) is 0. The molecule has 0 saturated heterocycles. The fourth-order valence-corrected chi connectivity index (χ4v) is 0.879. The summed E-state index contributed by atoms with van der Waals surface area (Å²) in [5.41, 5.74) is 0.0835. The van der Waals surface area contributed by atoms with E-state index >= 15 is 0 Å². The van der Waals surface area contributed by atoms with Gasteiger partial charge in [0.05, 0.1) is 6.61 Å². The zero-order chi connectivity index (χ0) is 11.4. The molecule has 0 rings (SSSR count). The molecule has 14 heavy (non-hydrogen) atoms. The Bertz CT molecular complexity index is 219. The number of hydrogen-bond donors (Lipinski definition) is 0. The first-order chi connectivity index (χ1) is 6.24. The molecule has 4 nitrogen and oxygen atoms in total. The molecule has 0 aromatic carbocycles. The van der Waals surface area contributed by atoms with Crippen LogP contribution >= 0.6 is 0 Å². The van der Waals surface area contributed by atoms with Crippen LogP contribution in [0.15, 0.2) is 0 Å². The molecular weight excluding hydrogens is 204 g/mol. The van der Waals surface area contributed by atoms with Crippen LogP contribution in [-0.2, 0) is 20.6 Å². The smallest absolute Gasteiger partial charge is 0.320 e. The highest BCUT2D eigenvalue weighted by molar-refractivity contribution is 7.80.